The Bertz CT molecular complexity index is 384. The van der Waals surface area contributed by atoms with Gasteiger partial charge in [0, 0.05) is 19.5 Å². The molecule has 116 valence electrons. The number of amides is 1. The van der Waals surface area contributed by atoms with E-state index >= 15 is 0 Å². The third-order valence-electron chi connectivity index (χ3n) is 5.14. The number of hydrogen-bond donors (Lipinski definition) is 1. The van der Waals surface area contributed by atoms with Crippen molar-refractivity contribution in [2.75, 3.05) is 13.1 Å². The average molecular weight is 283 g/mol. The van der Waals surface area contributed by atoms with Crippen LogP contribution in [0.15, 0.2) is 0 Å². The number of carbonyl (C=O) groups is 2. The highest BCUT2D eigenvalue weighted by molar-refractivity contribution is 5.81. The fourth-order valence-corrected chi connectivity index (χ4v) is 2.64. The Morgan fingerprint density at radius 1 is 1.25 bits per heavy atom. The smallest absolute Gasteiger partial charge is 0.311 e. The number of carbonyl (C=O) groups excluding carboxylic acids is 1. The van der Waals surface area contributed by atoms with Crippen LogP contribution < -0.4 is 0 Å². The molecule has 1 heterocycles. The highest BCUT2D eigenvalue weighted by atomic mass is 16.4. The van der Waals surface area contributed by atoms with E-state index in [2.05, 4.69) is 27.7 Å². The molecule has 4 nitrogen and oxygen atoms in total. The quantitative estimate of drug-likeness (QED) is 0.863. The Morgan fingerprint density at radius 3 is 2.15 bits per heavy atom. The van der Waals surface area contributed by atoms with Gasteiger partial charge in [0.1, 0.15) is 0 Å². The predicted octanol–water partition coefficient (Wildman–Crippen LogP) is 3.02. The third-order valence-corrected chi connectivity index (χ3v) is 5.14. The molecule has 0 radical (unpaired) electrons. The lowest BCUT2D eigenvalue weighted by Gasteiger charge is -2.30. The summed E-state index contributed by atoms with van der Waals surface area (Å²) >= 11 is 0. The highest BCUT2D eigenvalue weighted by Crippen LogP contribution is 2.39. The van der Waals surface area contributed by atoms with Gasteiger partial charge in [0.25, 0.3) is 0 Å². The molecule has 1 aliphatic heterocycles. The second-order valence-electron chi connectivity index (χ2n) is 7.65. The molecule has 0 bridgehead atoms. The normalized spacial score (nSPS) is 25.1. The molecule has 2 atom stereocenters. The van der Waals surface area contributed by atoms with Gasteiger partial charge >= 0.3 is 5.97 Å². The maximum Gasteiger partial charge on any atom is 0.311 e. The van der Waals surface area contributed by atoms with E-state index in [4.69, 9.17) is 0 Å². The van der Waals surface area contributed by atoms with Gasteiger partial charge in [-0.25, -0.2) is 0 Å². The van der Waals surface area contributed by atoms with Gasteiger partial charge in [-0.2, -0.15) is 0 Å². The Kier molecular flexibility index (Phi) is 4.88. The molecule has 0 aromatic heterocycles. The van der Waals surface area contributed by atoms with Crippen molar-refractivity contribution in [3.8, 4) is 0 Å². The molecular formula is C16H29NO3. The first-order valence-corrected chi connectivity index (χ1v) is 7.52. The fraction of sp³-hybridized carbons (Fsp3) is 0.875. The van der Waals surface area contributed by atoms with E-state index in [1.807, 2.05) is 13.8 Å². The maximum atomic E-state index is 12.4. The molecular weight excluding hydrogens is 254 g/mol. The molecule has 1 rings (SSSR count). The van der Waals surface area contributed by atoms with Crippen molar-refractivity contribution in [2.24, 2.45) is 22.7 Å². The van der Waals surface area contributed by atoms with Crippen LogP contribution in [-0.4, -0.2) is 35.0 Å². The van der Waals surface area contributed by atoms with Gasteiger partial charge in [0.15, 0.2) is 0 Å². The van der Waals surface area contributed by atoms with E-state index in [0.29, 0.717) is 25.9 Å². The highest BCUT2D eigenvalue weighted by Gasteiger charge is 2.48. The molecule has 1 N–H and O–H groups in total. The molecule has 20 heavy (non-hydrogen) atoms. The summed E-state index contributed by atoms with van der Waals surface area (Å²) in [6.07, 6.45) is 1.06. The Balaban J connectivity index is 2.73. The molecule has 2 unspecified atom stereocenters. The number of nitrogens with zero attached hydrogens (tertiary/aromatic N) is 1. The van der Waals surface area contributed by atoms with Gasteiger partial charge in [0.05, 0.1) is 5.41 Å². The van der Waals surface area contributed by atoms with Crippen LogP contribution in [0.3, 0.4) is 0 Å². The van der Waals surface area contributed by atoms with Gasteiger partial charge in [0.2, 0.25) is 5.91 Å². The molecule has 0 spiro atoms. The van der Waals surface area contributed by atoms with Crippen LogP contribution in [0.1, 0.15) is 54.4 Å². The van der Waals surface area contributed by atoms with Crippen LogP contribution in [0.25, 0.3) is 0 Å². The largest absolute Gasteiger partial charge is 0.481 e. The zero-order valence-electron chi connectivity index (χ0n) is 13.7. The molecule has 0 aromatic carbocycles. The van der Waals surface area contributed by atoms with E-state index in [1.165, 1.54) is 0 Å². The second kappa shape index (κ2) is 5.74. The third kappa shape index (κ3) is 3.33. The summed E-state index contributed by atoms with van der Waals surface area (Å²) in [5.74, 6) is -0.352. The molecule has 0 aliphatic carbocycles. The lowest BCUT2D eigenvalue weighted by Crippen LogP contribution is -2.41. The number of carboxylic acid groups (broad SMARTS) is 1. The average Bonchev–Trinajstić information content (AvgIpc) is 2.73. The van der Waals surface area contributed by atoms with E-state index < -0.39 is 11.4 Å². The minimum Gasteiger partial charge on any atom is -0.481 e. The van der Waals surface area contributed by atoms with Crippen molar-refractivity contribution in [1.29, 1.82) is 0 Å². The molecule has 1 saturated heterocycles. The minimum absolute atomic E-state index is 0.0397. The Labute approximate surface area is 122 Å². The number of rotatable bonds is 4. The van der Waals surface area contributed by atoms with Crippen molar-refractivity contribution >= 4 is 11.9 Å². The van der Waals surface area contributed by atoms with Gasteiger partial charge < -0.3 is 10.0 Å². The van der Waals surface area contributed by atoms with Crippen molar-refractivity contribution < 1.29 is 14.7 Å². The molecule has 1 fully saturated rings. The van der Waals surface area contributed by atoms with Crippen molar-refractivity contribution in [3.63, 3.8) is 0 Å². The van der Waals surface area contributed by atoms with Gasteiger partial charge in [-0.3, -0.25) is 9.59 Å². The number of likely N-dealkylation sites (tertiary alicyclic amines) is 1. The minimum atomic E-state index is -0.772. The summed E-state index contributed by atoms with van der Waals surface area (Å²) in [5, 5.41) is 9.51. The van der Waals surface area contributed by atoms with Crippen molar-refractivity contribution in [1.82, 2.24) is 4.90 Å². The van der Waals surface area contributed by atoms with E-state index in [-0.39, 0.29) is 23.2 Å². The summed E-state index contributed by atoms with van der Waals surface area (Å²) in [7, 11) is 0. The first kappa shape index (κ1) is 17.0. The topological polar surface area (TPSA) is 57.6 Å². The molecule has 1 aliphatic rings. The standard InChI is InChI=1S/C16H29NO3/c1-11(2)16(14(19)20)7-8-17(10-16)13(18)9-12(3)15(4,5)6/h11-12H,7-10H2,1-6H3,(H,19,20). The Hall–Kier alpha value is -1.06. The van der Waals surface area contributed by atoms with Crippen LogP contribution in [0.4, 0.5) is 0 Å². The number of hydrogen-bond acceptors (Lipinski definition) is 2. The van der Waals surface area contributed by atoms with Crippen LogP contribution in [0.2, 0.25) is 0 Å². The summed E-state index contributed by atoms with van der Waals surface area (Å²) < 4.78 is 0. The summed E-state index contributed by atoms with van der Waals surface area (Å²) in [4.78, 5) is 25.7. The second-order valence-corrected chi connectivity index (χ2v) is 7.65. The van der Waals surface area contributed by atoms with Crippen LogP contribution in [-0.2, 0) is 9.59 Å². The first-order valence-electron chi connectivity index (χ1n) is 7.52. The van der Waals surface area contributed by atoms with Gasteiger partial charge in [-0.1, -0.05) is 41.5 Å². The van der Waals surface area contributed by atoms with E-state index in [0.717, 1.165) is 0 Å². The molecule has 0 aromatic rings. The Morgan fingerprint density at radius 2 is 1.80 bits per heavy atom. The monoisotopic (exact) mass is 283 g/mol. The summed E-state index contributed by atoms with van der Waals surface area (Å²) in [6.45, 7) is 13.3. The van der Waals surface area contributed by atoms with Gasteiger partial charge in [-0.05, 0) is 23.7 Å². The number of aliphatic carboxylic acids is 1. The summed E-state index contributed by atoms with van der Waals surface area (Å²) in [6, 6.07) is 0. The number of carboxylic acids is 1. The maximum absolute atomic E-state index is 12.4. The van der Waals surface area contributed by atoms with Crippen LogP contribution >= 0.6 is 0 Å². The van der Waals surface area contributed by atoms with E-state index in [1.54, 1.807) is 4.90 Å². The summed E-state index contributed by atoms with van der Waals surface area (Å²) in [5.41, 5.74) is -0.669. The molecule has 0 saturated carbocycles. The van der Waals surface area contributed by atoms with Crippen molar-refractivity contribution in [3.05, 3.63) is 0 Å². The lowest BCUT2D eigenvalue weighted by molar-refractivity contribution is -0.151. The van der Waals surface area contributed by atoms with Crippen LogP contribution in [0.5, 0.6) is 0 Å². The zero-order valence-corrected chi connectivity index (χ0v) is 13.7. The predicted molar refractivity (Wildman–Crippen MR) is 79.3 cm³/mol. The SMILES string of the molecule is CC(CC(=O)N1CCC(C(=O)O)(C(C)C)C1)C(C)(C)C. The van der Waals surface area contributed by atoms with Gasteiger partial charge in [-0.15, -0.1) is 0 Å². The molecule has 1 amide bonds. The first-order chi connectivity index (χ1) is 9.00. The lowest BCUT2D eigenvalue weighted by atomic mass is 9.76. The zero-order chi connectivity index (χ0) is 15.7. The molecule has 4 heteroatoms. The van der Waals surface area contributed by atoms with E-state index in [9.17, 15) is 14.7 Å². The fourth-order valence-electron chi connectivity index (χ4n) is 2.64. The van der Waals surface area contributed by atoms with Crippen LogP contribution in [0, 0.1) is 22.7 Å². The van der Waals surface area contributed by atoms with Crippen molar-refractivity contribution in [2.45, 2.75) is 54.4 Å².